The lowest BCUT2D eigenvalue weighted by Gasteiger charge is -2.10. The first kappa shape index (κ1) is 10.2. The highest BCUT2D eigenvalue weighted by molar-refractivity contribution is 7.86. The van der Waals surface area contributed by atoms with Gasteiger partial charge >= 0.3 is 0 Å². The Balaban J connectivity index is 2.71. The maximum Gasteiger partial charge on any atom is 0.277 e. The molecule has 0 bridgehead atoms. The lowest BCUT2D eigenvalue weighted by Crippen LogP contribution is -2.32. The van der Waals surface area contributed by atoms with Gasteiger partial charge in [0.2, 0.25) is 0 Å². The summed E-state index contributed by atoms with van der Waals surface area (Å²) in [5.41, 5.74) is 0. The predicted octanol–water partition coefficient (Wildman–Crippen LogP) is 0.223. The van der Waals surface area contributed by atoms with Crippen molar-refractivity contribution in [2.45, 2.75) is 13.5 Å². The molecule has 5 nitrogen and oxygen atoms in total. The molecule has 0 radical (unpaired) electrons. The SMILES string of the molecule is Cc1ccc(CN(C)S(N)(=O)=O)o1. The highest BCUT2D eigenvalue weighted by Gasteiger charge is 2.13. The summed E-state index contributed by atoms with van der Waals surface area (Å²) in [5.74, 6) is 1.33. The Morgan fingerprint density at radius 2 is 2.15 bits per heavy atom. The largest absolute Gasteiger partial charge is 0.465 e. The number of hydrogen-bond acceptors (Lipinski definition) is 3. The molecule has 2 N–H and O–H groups in total. The maximum absolute atomic E-state index is 10.8. The van der Waals surface area contributed by atoms with Crippen molar-refractivity contribution in [2.24, 2.45) is 5.14 Å². The molecule has 0 unspecified atom stereocenters. The molecule has 0 saturated heterocycles. The Kier molecular flexibility index (Phi) is 2.74. The van der Waals surface area contributed by atoms with Crippen LogP contribution < -0.4 is 5.14 Å². The molecule has 13 heavy (non-hydrogen) atoms. The molecule has 1 heterocycles. The van der Waals surface area contributed by atoms with E-state index in [9.17, 15) is 8.42 Å². The average Bonchev–Trinajstić information content (AvgIpc) is 2.33. The van der Waals surface area contributed by atoms with Crippen molar-refractivity contribution < 1.29 is 12.8 Å². The second-order valence-electron chi connectivity index (χ2n) is 2.81. The molecule has 0 aliphatic rings. The standard InChI is InChI=1S/C7H12N2O3S/c1-6-3-4-7(12-6)5-9(2)13(8,10)11/h3-4H,5H2,1-2H3,(H2,8,10,11). The van der Waals surface area contributed by atoms with E-state index in [0.717, 1.165) is 10.1 Å². The molecule has 0 amide bonds. The zero-order valence-corrected chi connectivity index (χ0v) is 8.34. The summed E-state index contributed by atoms with van der Waals surface area (Å²) in [5, 5.41) is 4.89. The summed E-state index contributed by atoms with van der Waals surface area (Å²) in [7, 11) is -2.22. The van der Waals surface area contributed by atoms with Crippen molar-refractivity contribution in [3.63, 3.8) is 0 Å². The first-order valence-corrected chi connectivity index (χ1v) is 5.19. The third kappa shape index (κ3) is 2.83. The second kappa shape index (κ2) is 3.49. The molecule has 0 aliphatic heterocycles. The third-order valence-electron chi connectivity index (χ3n) is 1.61. The quantitative estimate of drug-likeness (QED) is 0.765. The summed E-state index contributed by atoms with van der Waals surface area (Å²) < 4.78 is 27.8. The number of rotatable bonds is 3. The van der Waals surface area contributed by atoms with Gasteiger partial charge in [0.25, 0.3) is 10.2 Å². The molecule has 0 aromatic carbocycles. The van der Waals surface area contributed by atoms with E-state index in [1.807, 2.05) is 0 Å². The summed E-state index contributed by atoms with van der Waals surface area (Å²) in [6, 6.07) is 3.49. The number of hydrogen-bond donors (Lipinski definition) is 1. The zero-order valence-electron chi connectivity index (χ0n) is 7.52. The molecule has 0 fully saturated rings. The molecule has 0 saturated carbocycles. The minimum atomic E-state index is -3.62. The molecule has 0 atom stereocenters. The number of nitrogens with two attached hydrogens (primary N) is 1. The van der Waals surface area contributed by atoms with Gasteiger partial charge in [-0.2, -0.15) is 12.7 Å². The summed E-state index contributed by atoms with van der Waals surface area (Å²) >= 11 is 0. The van der Waals surface area contributed by atoms with Crippen LogP contribution in [0.5, 0.6) is 0 Å². The van der Waals surface area contributed by atoms with Gasteiger partial charge in [-0.25, -0.2) is 5.14 Å². The van der Waals surface area contributed by atoms with Crippen LogP contribution in [0.2, 0.25) is 0 Å². The number of furan rings is 1. The third-order valence-corrected chi connectivity index (χ3v) is 2.61. The molecular formula is C7H12N2O3S. The van der Waals surface area contributed by atoms with Crippen LogP contribution in [-0.4, -0.2) is 19.8 Å². The van der Waals surface area contributed by atoms with Crippen LogP contribution in [0.3, 0.4) is 0 Å². The van der Waals surface area contributed by atoms with Gasteiger partial charge in [-0.3, -0.25) is 0 Å². The van der Waals surface area contributed by atoms with Gasteiger partial charge in [-0.15, -0.1) is 0 Å². The van der Waals surface area contributed by atoms with E-state index in [-0.39, 0.29) is 6.54 Å². The molecule has 0 spiro atoms. The molecule has 1 rings (SSSR count). The van der Waals surface area contributed by atoms with Gasteiger partial charge in [0.1, 0.15) is 11.5 Å². The predicted molar refractivity (Wildman–Crippen MR) is 48.0 cm³/mol. The van der Waals surface area contributed by atoms with Crippen molar-refractivity contribution in [2.75, 3.05) is 7.05 Å². The van der Waals surface area contributed by atoms with Gasteiger partial charge in [-0.1, -0.05) is 0 Å². The van der Waals surface area contributed by atoms with Gasteiger partial charge in [-0.05, 0) is 19.1 Å². The van der Waals surface area contributed by atoms with Crippen LogP contribution >= 0.6 is 0 Å². The van der Waals surface area contributed by atoms with E-state index < -0.39 is 10.2 Å². The lowest BCUT2D eigenvalue weighted by molar-refractivity contribution is 0.398. The second-order valence-corrected chi connectivity index (χ2v) is 4.47. The maximum atomic E-state index is 10.8. The number of nitrogens with zero attached hydrogens (tertiary/aromatic N) is 1. The van der Waals surface area contributed by atoms with Gasteiger partial charge < -0.3 is 4.42 Å². The van der Waals surface area contributed by atoms with Crippen LogP contribution in [0.15, 0.2) is 16.5 Å². The van der Waals surface area contributed by atoms with Crippen LogP contribution in [-0.2, 0) is 16.8 Å². The Hall–Kier alpha value is -0.850. The zero-order chi connectivity index (χ0) is 10.1. The van der Waals surface area contributed by atoms with E-state index in [2.05, 4.69) is 0 Å². The van der Waals surface area contributed by atoms with Crippen LogP contribution in [0.1, 0.15) is 11.5 Å². The van der Waals surface area contributed by atoms with Crippen LogP contribution in [0, 0.1) is 6.92 Å². The molecular weight excluding hydrogens is 192 g/mol. The van der Waals surface area contributed by atoms with Crippen molar-refractivity contribution in [1.82, 2.24) is 4.31 Å². The van der Waals surface area contributed by atoms with Crippen LogP contribution in [0.4, 0.5) is 0 Å². The Bertz CT molecular complexity index is 382. The van der Waals surface area contributed by atoms with E-state index in [1.54, 1.807) is 19.1 Å². The molecule has 1 aromatic rings. The minimum Gasteiger partial charge on any atom is -0.465 e. The minimum absolute atomic E-state index is 0.159. The topological polar surface area (TPSA) is 76.5 Å². The lowest BCUT2D eigenvalue weighted by atomic mass is 10.4. The van der Waals surface area contributed by atoms with Gasteiger partial charge in [0, 0.05) is 7.05 Å². The van der Waals surface area contributed by atoms with E-state index in [1.165, 1.54) is 7.05 Å². The highest BCUT2D eigenvalue weighted by Crippen LogP contribution is 2.09. The monoisotopic (exact) mass is 204 g/mol. The van der Waals surface area contributed by atoms with Crippen LogP contribution in [0.25, 0.3) is 0 Å². The van der Waals surface area contributed by atoms with Gasteiger partial charge in [0.15, 0.2) is 0 Å². The smallest absolute Gasteiger partial charge is 0.277 e. The summed E-state index contributed by atoms with van der Waals surface area (Å²) in [4.78, 5) is 0. The summed E-state index contributed by atoms with van der Waals surface area (Å²) in [6.45, 7) is 1.95. The average molecular weight is 204 g/mol. The fourth-order valence-electron chi connectivity index (χ4n) is 0.880. The molecule has 1 aromatic heterocycles. The van der Waals surface area contributed by atoms with E-state index >= 15 is 0 Å². The van der Waals surface area contributed by atoms with Crippen molar-refractivity contribution in [1.29, 1.82) is 0 Å². The first-order valence-electron chi connectivity index (χ1n) is 3.69. The highest BCUT2D eigenvalue weighted by atomic mass is 32.2. The fraction of sp³-hybridized carbons (Fsp3) is 0.429. The van der Waals surface area contributed by atoms with E-state index in [0.29, 0.717) is 5.76 Å². The Morgan fingerprint density at radius 1 is 1.54 bits per heavy atom. The Labute approximate surface area is 77.3 Å². The fourth-order valence-corrected chi connectivity index (χ4v) is 1.19. The van der Waals surface area contributed by atoms with Crippen molar-refractivity contribution in [3.05, 3.63) is 23.7 Å². The first-order chi connectivity index (χ1) is 5.89. The normalized spacial score (nSPS) is 12.3. The molecule has 0 aliphatic carbocycles. The Morgan fingerprint density at radius 3 is 2.54 bits per heavy atom. The summed E-state index contributed by atoms with van der Waals surface area (Å²) in [6.07, 6.45) is 0. The molecule has 6 heteroatoms. The van der Waals surface area contributed by atoms with E-state index in [4.69, 9.17) is 9.56 Å². The van der Waals surface area contributed by atoms with Crippen molar-refractivity contribution in [3.8, 4) is 0 Å². The number of aryl methyl sites for hydroxylation is 1. The van der Waals surface area contributed by atoms with Gasteiger partial charge in [0.05, 0.1) is 6.54 Å². The molecule has 74 valence electrons. The van der Waals surface area contributed by atoms with Crippen molar-refractivity contribution >= 4 is 10.2 Å².